The Labute approximate surface area is 150 Å². The zero-order chi connectivity index (χ0) is 17.9. The first kappa shape index (κ1) is 17.9. The average Bonchev–Trinajstić information content (AvgIpc) is 2.62. The Hall–Kier alpha value is -1.88. The molecule has 1 saturated carbocycles. The molecule has 2 unspecified atom stereocenters. The van der Waals surface area contributed by atoms with E-state index < -0.39 is 5.54 Å². The van der Waals surface area contributed by atoms with Gasteiger partial charge in [-0.15, -0.1) is 0 Å². The van der Waals surface area contributed by atoms with Gasteiger partial charge in [0, 0.05) is 30.2 Å². The summed E-state index contributed by atoms with van der Waals surface area (Å²) in [6.45, 7) is 3.37. The Balaban J connectivity index is 1.51. The molecule has 0 aromatic heterocycles. The van der Waals surface area contributed by atoms with Crippen molar-refractivity contribution in [3.8, 4) is 0 Å². The molecule has 3 rings (SSSR count). The highest BCUT2D eigenvalue weighted by Crippen LogP contribution is 2.32. The van der Waals surface area contributed by atoms with Crippen LogP contribution in [0.1, 0.15) is 55.8 Å². The molecule has 3 N–H and O–H groups in total. The highest BCUT2D eigenvalue weighted by molar-refractivity contribution is 5.94. The quantitative estimate of drug-likeness (QED) is 0.884. The summed E-state index contributed by atoms with van der Waals surface area (Å²) in [5.74, 6) is 0.0787. The van der Waals surface area contributed by atoms with E-state index >= 15 is 0 Å². The summed E-state index contributed by atoms with van der Waals surface area (Å²) in [7, 11) is 0. The van der Waals surface area contributed by atoms with E-state index in [1.807, 2.05) is 42.2 Å². The van der Waals surface area contributed by atoms with Gasteiger partial charge in [0.2, 0.25) is 5.91 Å². The molecule has 0 bridgehead atoms. The van der Waals surface area contributed by atoms with Crippen LogP contribution in [-0.4, -0.2) is 41.4 Å². The maximum Gasteiger partial charge on any atom is 0.253 e. The lowest BCUT2D eigenvalue weighted by Crippen LogP contribution is -2.55. The Morgan fingerprint density at radius 1 is 1.12 bits per heavy atom. The third kappa shape index (κ3) is 4.21. The van der Waals surface area contributed by atoms with Crippen LogP contribution >= 0.6 is 0 Å². The van der Waals surface area contributed by atoms with E-state index in [1.54, 1.807) is 0 Å². The summed E-state index contributed by atoms with van der Waals surface area (Å²) >= 11 is 0. The average molecular weight is 343 g/mol. The fourth-order valence-electron chi connectivity index (χ4n) is 4.08. The van der Waals surface area contributed by atoms with Gasteiger partial charge in [0.05, 0.1) is 5.92 Å². The van der Waals surface area contributed by atoms with Gasteiger partial charge in [0.25, 0.3) is 5.91 Å². The summed E-state index contributed by atoms with van der Waals surface area (Å²) in [6, 6.07) is 9.52. The first-order valence-corrected chi connectivity index (χ1v) is 9.41. The minimum atomic E-state index is -0.397. The van der Waals surface area contributed by atoms with E-state index in [2.05, 4.69) is 5.32 Å². The molecule has 2 amide bonds. The molecule has 2 fully saturated rings. The maximum atomic E-state index is 12.6. The van der Waals surface area contributed by atoms with Crippen molar-refractivity contribution in [2.45, 2.75) is 57.0 Å². The van der Waals surface area contributed by atoms with Crippen molar-refractivity contribution in [1.29, 1.82) is 0 Å². The lowest BCUT2D eigenvalue weighted by molar-refractivity contribution is -0.129. The molecule has 0 radical (unpaired) electrons. The second-order valence-corrected chi connectivity index (χ2v) is 7.75. The van der Waals surface area contributed by atoms with Crippen LogP contribution in [0.25, 0.3) is 0 Å². The largest absolute Gasteiger partial charge is 0.353 e. The van der Waals surface area contributed by atoms with Crippen LogP contribution in [0.4, 0.5) is 0 Å². The number of benzene rings is 1. The van der Waals surface area contributed by atoms with Crippen molar-refractivity contribution < 1.29 is 9.59 Å². The number of nitrogens with two attached hydrogens (primary N) is 1. The van der Waals surface area contributed by atoms with Crippen LogP contribution in [0.5, 0.6) is 0 Å². The zero-order valence-electron chi connectivity index (χ0n) is 15.0. The lowest BCUT2D eigenvalue weighted by Gasteiger charge is -2.39. The summed E-state index contributed by atoms with van der Waals surface area (Å²) in [4.78, 5) is 27.0. The van der Waals surface area contributed by atoms with Crippen LogP contribution in [0.15, 0.2) is 30.3 Å². The second kappa shape index (κ2) is 7.56. The molecule has 25 heavy (non-hydrogen) atoms. The summed E-state index contributed by atoms with van der Waals surface area (Å²) in [5.41, 5.74) is 6.67. The van der Waals surface area contributed by atoms with Gasteiger partial charge in [-0.3, -0.25) is 9.59 Å². The number of rotatable bonds is 3. The normalized spacial score (nSPS) is 27.8. The SMILES string of the molecule is CC1(N)CCCCC1C(=O)NC1CCN(C(=O)c2ccccc2)CC1. The number of amides is 2. The smallest absolute Gasteiger partial charge is 0.253 e. The molecule has 1 saturated heterocycles. The lowest BCUT2D eigenvalue weighted by atomic mass is 9.74. The molecular weight excluding hydrogens is 314 g/mol. The third-order valence-corrected chi connectivity index (χ3v) is 5.72. The van der Waals surface area contributed by atoms with Crippen LogP contribution in [0.2, 0.25) is 0 Å². The molecule has 2 aliphatic rings. The number of nitrogens with one attached hydrogen (secondary N) is 1. The number of hydrogen-bond acceptors (Lipinski definition) is 3. The van der Waals surface area contributed by atoms with Crippen molar-refractivity contribution in [3.05, 3.63) is 35.9 Å². The van der Waals surface area contributed by atoms with E-state index in [1.165, 1.54) is 0 Å². The zero-order valence-corrected chi connectivity index (χ0v) is 15.0. The predicted molar refractivity (Wildman–Crippen MR) is 98.1 cm³/mol. The van der Waals surface area contributed by atoms with Gasteiger partial charge in [-0.2, -0.15) is 0 Å². The molecule has 1 aromatic carbocycles. The molecule has 0 spiro atoms. The molecule has 2 atom stereocenters. The number of likely N-dealkylation sites (tertiary alicyclic amines) is 1. The van der Waals surface area contributed by atoms with Gasteiger partial charge >= 0.3 is 0 Å². The molecule has 1 aliphatic carbocycles. The van der Waals surface area contributed by atoms with Gasteiger partial charge in [-0.25, -0.2) is 0 Å². The monoisotopic (exact) mass is 343 g/mol. The molecule has 136 valence electrons. The molecule has 1 aliphatic heterocycles. The van der Waals surface area contributed by atoms with E-state index in [-0.39, 0.29) is 23.8 Å². The van der Waals surface area contributed by atoms with E-state index in [4.69, 9.17) is 5.73 Å². The molecule has 5 heteroatoms. The topological polar surface area (TPSA) is 75.4 Å². The molecule has 1 aromatic rings. The van der Waals surface area contributed by atoms with Crippen LogP contribution in [0, 0.1) is 5.92 Å². The van der Waals surface area contributed by atoms with Gasteiger partial charge in [0.15, 0.2) is 0 Å². The minimum Gasteiger partial charge on any atom is -0.353 e. The van der Waals surface area contributed by atoms with Crippen molar-refractivity contribution in [2.24, 2.45) is 11.7 Å². The van der Waals surface area contributed by atoms with E-state index in [0.29, 0.717) is 13.1 Å². The Morgan fingerprint density at radius 2 is 1.80 bits per heavy atom. The first-order chi connectivity index (χ1) is 12.0. The van der Waals surface area contributed by atoms with E-state index in [0.717, 1.165) is 44.1 Å². The summed E-state index contributed by atoms with van der Waals surface area (Å²) in [6.07, 6.45) is 5.58. The Bertz CT molecular complexity index is 607. The number of carbonyl (C=O) groups is 2. The Morgan fingerprint density at radius 3 is 2.44 bits per heavy atom. The highest BCUT2D eigenvalue weighted by Gasteiger charge is 2.38. The fourth-order valence-corrected chi connectivity index (χ4v) is 4.08. The summed E-state index contributed by atoms with van der Waals surface area (Å²) in [5, 5.41) is 3.19. The maximum absolute atomic E-state index is 12.6. The van der Waals surface area contributed by atoms with E-state index in [9.17, 15) is 9.59 Å². The second-order valence-electron chi connectivity index (χ2n) is 7.75. The predicted octanol–water partition coefficient (Wildman–Crippen LogP) is 2.32. The number of piperidine rings is 1. The van der Waals surface area contributed by atoms with Crippen LogP contribution in [0.3, 0.4) is 0 Å². The summed E-state index contributed by atoms with van der Waals surface area (Å²) < 4.78 is 0. The molecule has 1 heterocycles. The van der Waals surface area contributed by atoms with Gasteiger partial charge in [0.1, 0.15) is 0 Å². The molecule has 5 nitrogen and oxygen atoms in total. The van der Waals surface area contributed by atoms with Crippen molar-refractivity contribution >= 4 is 11.8 Å². The first-order valence-electron chi connectivity index (χ1n) is 9.41. The van der Waals surface area contributed by atoms with Crippen molar-refractivity contribution in [2.75, 3.05) is 13.1 Å². The standard InChI is InChI=1S/C20H29N3O2/c1-20(21)12-6-5-9-17(20)18(24)22-16-10-13-23(14-11-16)19(25)15-7-3-2-4-8-15/h2-4,7-8,16-17H,5-6,9-14,21H2,1H3,(H,22,24). The minimum absolute atomic E-state index is 0.0761. The fraction of sp³-hybridized carbons (Fsp3) is 0.600. The van der Waals surface area contributed by atoms with Gasteiger partial charge in [-0.05, 0) is 44.7 Å². The third-order valence-electron chi connectivity index (χ3n) is 5.72. The number of carbonyl (C=O) groups excluding carboxylic acids is 2. The molecular formula is C20H29N3O2. The number of hydrogen-bond donors (Lipinski definition) is 2. The van der Waals surface area contributed by atoms with Crippen LogP contribution in [-0.2, 0) is 4.79 Å². The van der Waals surface area contributed by atoms with Crippen LogP contribution < -0.4 is 11.1 Å². The van der Waals surface area contributed by atoms with Gasteiger partial charge in [-0.1, -0.05) is 31.0 Å². The van der Waals surface area contributed by atoms with Crippen molar-refractivity contribution in [1.82, 2.24) is 10.2 Å². The van der Waals surface area contributed by atoms with Crippen molar-refractivity contribution in [3.63, 3.8) is 0 Å². The van der Waals surface area contributed by atoms with Gasteiger partial charge < -0.3 is 16.0 Å². The Kier molecular flexibility index (Phi) is 5.42. The number of nitrogens with zero attached hydrogens (tertiary/aromatic N) is 1. The highest BCUT2D eigenvalue weighted by atomic mass is 16.2.